The van der Waals surface area contributed by atoms with Crippen LogP contribution in [0.3, 0.4) is 0 Å². The molecule has 0 aromatic heterocycles. The molecular formula is C17H24N2O5S. The Morgan fingerprint density at radius 3 is 2.56 bits per heavy atom. The van der Waals surface area contributed by atoms with Gasteiger partial charge in [-0.15, -0.1) is 0 Å². The maximum absolute atomic E-state index is 12.8. The summed E-state index contributed by atoms with van der Waals surface area (Å²) in [6.07, 6.45) is 2.22. The van der Waals surface area contributed by atoms with Crippen LogP contribution in [0, 0.1) is 6.92 Å². The number of rotatable bonds is 8. The Bertz CT molecular complexity index is 715. The topological polar surface area (TPSA) is 104 Å². The minimum Gasteiger partial charge on any atom is -0.481 e. The van der Waals surface area contributed by atoms with E-state index in [0.717, 1.165) is 5.56 Å². The molecule has 1 heterocycles. The first-order chi connectivity index (χ1) is 11.8. The van der Waals surface area contributed by atoms with Crippen molar-refractivity contribution >= 4 is 21.9 Å². The van der Waals surface area contributed by atoms with Gasteiger partial charge in [0.1, 0.15) is 6.04 Å². The summed E-state index contributed by atoms with van der Waals surface area (Å²) in [4.78, 5) is 23.0. The Hall–Kier alpha value is -1.93. The first-order valence-electron chi connectivity index (χ1n) is 8.40. The Morgan fingerprint density at radius 2 is 1.92 bits per heavy atom. The molecule has 138 valence electrons. The van der Waals surface area contributed by atoms with Crippen molar-refractivity contribution in [3.63, 3.8) is 0 Å². The highest BCUT2D eigenvalue weighted by atomic mass is 32.2. The van der Waals surface area contributed by atoms with Crippen molar-refractivity contribution in [3.8, 4) is 0 Å². The van der Waals surface area contributed by atoms with Crippen LogP contribution in [0.1, 0.15) is 37.7 Å². The Balaban J connectivity index is 1.97. The molecule has 2 N–H and O–H groups in total. The van der Waals surface area contributed by atoms with Gasteiger partial charge in [-0.3, -0.25) is 9.59 Å². The van der Waals surface area contributed by atoms with E-state index in [1.807, 2.05) is 6.92 Å². The Labute approximate surface area is 148 Å². The van der Waals surface area contributed by atoms with Gasteiger partial charge in [0.15, 0.2) is 0 Å². The number of aryl methyl sites for hydroxylation is 1. The van der Waals surface area contributed by atoms with Gasteiger partial charge < -0.3 is 10.4 Å². The van der Waals surface area contributed by atoms with Gasteiger partial charge in [-0.1, -0.05) is 17.7 Å². The van der Waals surface area contributed by atoms with Crippen LogP contribution in [0.4, 0.5) is 0 Å². The van der Waals surface area contributed by atoms with Crippen molar-refractivity contribution in [1.82, 2.24) is 9.62 Å². The molecule has 25 heavy (non-hydrogen) atoms. The maximum Gasteiger partial charge on any atom is 0.303 e. The highest BCUT2D eigenvalue weighted by Crippen LogP contribution is 2.26. The predicted molar refractivity (Wildman–Crippen MR) is 92.6 cm³/mol. The van der Waals surface area contributed by atoms with Crippen LogP contribution in [0.25, 0.3) is 0 Å². The van der Waals surface area contributed by atoms with Crippen molar-refractivity contribution in [3.05, 3.63) is 29.8 Å². The number of nitrogens with zero attached hydrogens (tertiary/aromatic N) is 1. The largest absolute Gasteiger partial charge is 0.481 e. The summed E-state index contributed by atoms with van der Waals surface area (Å²) in [5.41, 5.74) is 0.969. The van der Waals surface area contributed by atoms with Gasteiger partial charge >= 0.3 is 5.97 Å². The van der Waals surface area contributed by atoms with Crippen LogP contribution < -0.4 is 5.32 Å². The minimum atomic E-state index is -3.70. The molecule has 1 saturated heterocycles. The lowest BCUT2D eigenvalue weighted by atomic mass is 10.2. The monoisotopic (exact) mass is 368 g/mol. The molecule has 1 fully saturated rings. The molecule has 0 saturated carbocycles. The van der Waals surface area contributed by atoms with Crippen LogP contribution in [0.5, 0.6) is 0 Å². The summed E-state index contributed by atoms with van der Waals surface area (Å²) in [6.45, 7) is 2.56. The number of carboxylic acid groups (broad SMARTS) is 1. The average molecular weight is 368 g/mol. The number of unbranched alkanes of at least 4 members (excludes halogenated alkanes) is 1. The summed E-state index contributed by atoms with van der Waals surface area (Å²) >= 11 is 0. The highest BCUT2D eigenvalue weighted by Gasteiger charge is 2.39. The van der Waals surface area contributed by atoms with Gasteiger partial charge in [0.25, 0.3) is 0 Å². The summed E-state index contributed by atoms with van der Waals surface area (Å²) in [6, 6.07) is 5.89. The second-order valence-electron chi connectivity index (χ2n) is 6.23. The molecule has 1 aromatic carbocycles. The molecule has 0 bridgehead atoms. The first kappa shape index (κ1) is 19.4. The van der Waals surface area contributed by atoms with E-state index >= 15 is 0 Å². The fraction of sp³-hybridized carbons (Fsp3) is 0.529. The van der Waals surface area contributed by atoms with Crippen molar-refractivity contribution in [2.24, 2.45) is 0 Å². The molecule has 0 radical (unpaired) electrons. The van der Waals surface area contributed by atoms with Crippen molar-refractivity contribution in [2.45, 2.75) is 50.0 Å². The fourth-order valence-electron chi connectivity index (χ4n) is 2.87. The Morgan fingerprint density at radius 1 is 1.24 bits per heavy atom. The number of sulfonamides is 1. The molecule has 2 rings (SSSR count). The van der Waals surface area contributed by atoms with Gasteiger partial charge in [-0.2, -0.15) is 4.31 Å². The van der Waals surface area contributed by atoms with Gasteiger partial charge in [0.2, 0.25) is 15.9 Å². The SMILES string of the molecule is Cc1ccc(S(=O)(=O)N2CCCC2C(=O)NCCCCC(=O)O)cc1. The summed E-state index contributed by atoms with van der Waals surface area (Å²) in [5, 5.41) is 11.3. The van der Waals surface area contributed by atoms with Crippen LogP contribution in [0.15, 0.2) is 29.2 Å². The van der Waals surface area contributed by atoms with E-state index in [9.17, 15) is 18.0 Å². The van der Waals surface area contributed by atoms with Crippen LogP contribution in [-0.4, -0.2) is 48.8 Å². The average Bonchev–Trinajstić information content (AvgIpc) is 3.05. The number of carboxylic acids is 1. The smallest absolute Gasteiger partial charge is 0.303 e. The molecule has 1 unspecified atom stereocenters. The highest BCUT2D eigenvalue weighted by molar-refractivity contribution is 7.89. The zero-order valence-electron chi connectivity index (χ0n) is 14.3. The molecule has 1 atom stereocenters. The van der Waals surface area contributed by atoms with E-state index in [1.165, 1.54) is 4.31 Å². The summed E-state index contributed by atoms with van der Waals surface area (Å²) in [5.74, 6) is -1.18. The third-order valence-electron chi connectivity index (χ3n) is 4.25. The van der Waals surface area contributed by atoms with Crippen LogP contribution >= 0.6 is 0 Å². The van der Waals surface area contributed by atoms with Gasteiger partial charge in [0, 0.05) is 19.5 Å². The summed E-state index contributed by atoms with van der Waals surface area (Å²) in [7, 11) is -3.70. The van der Waals surface area contributed by atoms with E-state index in [2.05, 4.69) is 5.32 Å². The molecule has 0 aliphatic carbocycles. The van der Waals surface area contributed by atoms with Crippen LogP contribution in [-0.2, 0) is 19.6 Å². The quantitative estimate of drug-likeness (QED) is 0.677. The number of carbonyl (C=O) groups is 2. The third-order valence-corrected chi connectivity index (χ3v) is 6.17. The second-order valence-corrected chi connectivity index (χ2v) is 8.12. The number of hydrogen-bond acceptors (Lipinski definition) is 4. The molecule has 7 nitrogen and oxygen atoms in total. The lowest BCUT2D eigenvalue weighted by molar-refractivity contribution is -0.137. The standard InChI is InChI=1S/C17H24N2O5S/c1-13-7-9-14(10-8-13)25(23,24)19-12-4-5-15(19)17(22)18-11-3-2-6-16(20)21/h7-10,15H,2-6,11-12H2,1H3,(H,18,22)(H,20,21). The van der Waals surface area contributed by atoms with Gasteiger partial charge in [-0.05, 0) is 44.7 Å². The zero-order chi connectivity index (χ0) is 18.4. The first-order valence-corrected chi connectivity index (χ1v) is 9.84. The summed E-state index contributed by atoms with van der Waals surface area (Å²) < 4.78 is 26.9. The molecule has 1 aliphatic rings. The van der Waals surface area contributed by atoms with Crippen molar-refractivity contribution in [1.29, 1.82) is 0 Å². The minimum absolute atomic E-state index is 0.0627. The fourth-order valence-corrected chi connectivity index (χ4v) is 4.52. The van der Waals surface area contributed by atoms with Gasteiger partial charge in [-0.25, -0.2) is 8.42 Å². The van der Waals surface area contributed by atoms with E-state index in [0.29, 0.717) is 38.8 Å². The van der Waals surface area contributed by atoms with Crippen LogP contribution in [0.2, 0.25) is 0 Å². The molecular weight excluding hydrogens is 344 g/mol. The Kier molecular flexibility index (Phi) is 6.55. The third kappa shape index (κ3) is 5.02. The lowest BCUT2D eigenvalue weighted by Gasteiger charge is -2.23. The van der Waals surface area contributed by atoms with E-state index < -0.39 is 22.0 Å². The molecule has 1 amide bonds. The lowest BCUT2D eigenvalue weighted by Crippen LogP contribution is -2.46. The molecule has 1 aliphatic heterocycles. The van der Waals surface area contributed by atoms with E-state index in [-0.39, 0.29) is 17.2 Å². The molecule has 8 heteroatoms. The number of hydrogen-bond donors (Lipinski definition) is 2. The number of carbonyl (C=O) groups excluding carboxylic acids is 1. The second kappa shape index (κ2) is 8.44. The number of benzene rings is 1. The van der Waals surface area contributed by atoms with E-state index in [4.69, 9.17) is 5.11 Å². The normalized spacial score (nSPS) is 18.2. The molecule has 0 spiro atoms. The number of aliphatic carboxylic acids is 1. The number of nitrogens with one attached hydrogen (secondary N) is 1. The maximum atomic E-state index is 12.8. The molecule has 1 aromatic rings. The number of amides is 1. The zero-order valence-corrected chi connectivity index (χ0v) is 15.1. The van der Waals surface area contributed by atoms with Crippen molar-refractivity contribution < 1.29 is 23.1 Å². The van der Waals surface area contributed by atoms with Gasteiger partial charge in [0.05, 0.1) is 4.90 Å². The van der Waals surface area contributed by atoms with Crippen molar-refractivity contribution in [2.75, 3.05) is 13.1 Å². The predicted octanol–water partition coefficient (Wildman–Crippen LogP) is 1.52. The van der Waals surface area contributed by atoms with E-state index in [1.54, 1.807) is 24.3 Å².